The van der Waals surface area contributed by atoms with Crippen molar-refractivity contribution >= 4 is 55.7 Å². The molecule has 0 saturated heterocycles. The van der Waals surface area contributed by atoms with Crippen LogP contribution in [0, 0.1) is 0 Å². The number of H-pyrrole nitrogens is 1. The van der Waals surface area contributed by atoms with Crippen LogP contribution < -0.4 is 10.9 Å². The van der Waals surface area contributed by atoms with E-state index in [4.69, 9.17) is 0 Å². The molecule has 7 nitrogen and oxygen atoms in total. The summed E-state index contributed by atoms with van der Waals surface area (Å²) < 4.78 is 0. The van der Waals surface area contributed by atoms with Crippen molar-refractivity contribution < 1.29 is 4.79 Å². The predicted octanol–water partition coefficient (Wildman–Crippen LogP) is 4.49. The van der Waals surface area contributed by atoms with Crippen LogP contribution in [0.15, 0.2) is 9.95 Å². The molecule has 0 unspecified atom stereocenters. The Hall–Kier alpha value is -1.78. The number of hydrogen-bond acceptors (Lipinski definition) is 8. The lowest BCUT2D eigenvalue weighted by atomic mass is 9.90. The lowest BCUT2D eigenvalue weighted by molar-refractivity contribution is -0.113. The van der Waals surface area contributed by atoms with Crippen molar-refractivity contribution in [2.24, 2.45) is 0 Å². The zero-order chi connectivity index (χ0) is 20.5. The Kier molecular flexibility index (Phi) is 5.88. The van der Waals surface area contributed by atoms with Gasteiger partial charge < -0.3 is 4.98 Å². The molecule has 0 aromatic carbocycles. The average molecular weight is 462 g/mol. The molecule has 30 heavy (non-hydrogen) atoms. The SMILES string of the molecule is O=C(CSc1nc2sc3c(c2c(=O)[nH]1)CCCC3)Nc1nnc(C2CCCCC2)s1. The first-order valence-electron chi connectivity index (χ1n) is 10.5. The zero-order valence-electron chi connectivity index (χ0n) is 16.5. The molecule has 1 saturated carbocycles. The van der Waals surface area contributed by atoms with Gasteiger partial charge in [0.2, 0.25) is 11.0 Å². The fourth-order valence-corrected chi connectivity index (χ4v) is 7.21. The number of thiophene rings is 1. The van der Waals surface area contributed by atoms with E-state index >= 15 is 0 Å². The summed E-state index contributed by atoms with van der Waals surface area (Å²) in [5.74, 6) is 0.478. The highest BCUT2D eigenvalue weighted by Gasteiger charge is 2.21. The van der Waals surface area contributed by atoms with Gasteiger partial charge in [-0.2, -0.15) is 0 Å². The number of rotatable bonds is 5. The molecule has 10 heteroatoms. The molecule has 3 heterocycles. The van der Waals surface area contributed by atoms with E-state index in [2.05, 4.69) is 25.5 Å². The minimum Gasteiger partial charge on any atom is -0.301 e. The minimum atomic E-state index is -0.167. The second kappa shape index (κ2) is 8.76. The van der Waals surface area contributed by atoms with Crippen LogP contribution in [0.3, 0.4) is 0 Å². The molecule has 3 aromatic heterocycles. The van der Waals surface area contributed by atoms with Gasteiger partial charge in [0.15, 0.2) is 5.16 Å². The highest BCUT2D eigenvalue weighted by Crippen LogP contribution is 2.36. The smallest absolute Gasteiger partial charge is 0.260 e. The third kappa shape index (κ3) is 4.17. The van der Waals surface area contributed by atoms with Gasteiger partial charge in [-0.15, -0.1) is 21.5 Å². The highest BCUT2D eigenvalue weighted by molar-refractivity contribution is 7.99. The van der Waals surface area contributed by atoms with Crippen LogP contribution in [0.5, 0.6) is 0 Å². The summed E-state index contributed by atoms with van der Waals surface area (Å²) in [6.45, 7) is 0. The van der Waals surface area contributed by atoms with Crippen LogP contribution in [-0.2, 0) is 17.6 Å². The van der Waals surface area contributed by atoms with E-state index in [0.29, 0.717) is 16.2 Å². The number of carbonyl (C=O) groups excluding carboxylic acids is 1. The number of aromatic nitrogens is 4. The summed E-state index contributed by atoms with van der Waals surface area (Å²) in [5, 5.41) is 14.0. The Labute approximate surface area is 186 Å². The molecule has 0 spiro atoms. The number of carbonyl (C=O) groups is 1. The molecule has 2 N–H and O–H groups in total. The maximum Gasteiger partial charge on any atom is 0.260 e. The van der Waals surface area contributed by atoms with E-state index in [0.717, 1.165) is 47.3 Å². The van der Waals surface area contributed by atoms with Crippen LogP contribution in [0.4, 0.5) is 5.13 Å². The van der Waals surface area contributed by atoms with Crippen molar-refractivity contribution in [3.8, 4) is 0 Å². The summed E-state index contributed by atoms with van der Waals surface area (Å²) in [5.41, 5.74) is 1.08. The first kappa shape index (κ1) is 20.1. The number of aryl methyl sites for hydroxylation is 2. The summed E-state index contributed by atoms with van der Waals surface area (Å²) in [4.78, 5) is 34.5. The van der Waals surface area contributed by atoms with Crippen LogP contribution in [0.25, 0.3) is 10.2 Å². The van der Waals surface area contributed by atoms with E-state index in [-0.39, 0.29) is 17.2 Å². The van der Waals surface area contributed by atoms with Gasteiger partial charge in [0, 0.05) is 10.8 Å². The molecular formula is C20H23N5O2S3. The highest BCUT2D eigenvalue weighted by atomic mass is 32.2. The number of fused-ring (bicyclic) bond motifs is 3. The molecule has 5 rings (SSSR count). The maximum absolute atomic E-state index is 12.6. The fourth-order valence-electron chi connectivity index (χ4n) is 4.30. The molecule has 0 atom stereocenters. The molecule has 158 valence electrons. The van der Waals surface area contributed by atoms with Crippen molar-refractivity contribution in [1.82, 2.24) is 20.2 Å². The third-order valence-electron chi connectivity index (χ3n) is 5.78. The predicted molar refractivity (Wildman–Crippen MR) is 122 cm³/mol. The number of nitrogens with zero attached hydrogens (tertiary/aromatic N) is 3. The molecule has 3 aromatic rings. The summed E-state index contributed by atoms with van der Waals surface area (Å²) in [6.07, 6.45) is 10.4. The molecule has 0 radical (unpaired) electrons. The van der Waals surface area contributed by atoms with Gasteiger partial charge >= 0.3 is 0 Å². The minimum absolute atomic E-state index is 0.0939. The molecule has 2 aliphatic rings. The lowest BCUT2D eigenvalue weighted by Gasteiger charge is -2.18. The monoisotopic (exact) mass is 461 g/mol. The van der Waals surface area contributed by atoms with Crippen molar-refractivity contribution in [2.45, 2.75) is 68.9 Å². The van der Waals surface area contributed by atoms with E-state index in [1.165, 1.54) is 59.2 Å². The molecule has 1 amide bonds. The van der Waals surface area contributed by atoms with Gasteiger partial charge in [0.25, 0.3) is 5.56 Å². The van der Waals surface area contributed by atoms with Crippen molar-refractivity contribution in [3.05, 3.63) is 25.8 Å². The Bertz CT molecular complexity index is 1130. The van der Waals surface area contributed by atoms with Crippen molar-refractivity contribution in [3.63, 3.8) is 0 Å². The van der Waals surface area contributed by atoms with Crippen LogP contribution in [-0.4, -0.2) is 31.8 Å². The number of anilines is 1. The van der Waals surface area contributed by atoms with Gasteiger partial charge in [0.1, 0.15) is 9.84 Å². The second-order valence-corrected chi connectivity index (χ2v) is 10.9. The number of hydrogen-bond donors (Lipinski definition) is 2. The number of aromatic amines is 1. The molecular weight excluding hydrogens is 438 g/mol. The standard InChI is InChI=1S/C20H23N5O2S3/c26-14(21-20-25-24-17(30-20)11-6-2-1-3-7-11)10-28-19-22-16(27)15-12-8-4-5-9-13(12)29-18(15)23-19/h11H,1-10H2,(H,21,25,26)(H,22,23,27). The van der Waals surface area contributed by atoms with Crippen LogP contribution >= 0.6 is 34.4 Å². The average Bonchev–Trinajstić information content (AvgIpc) is 3.37. The molecule has 1 fully saturated rings. The summed E-state index contributed by atoms with van der Waals surface area (Å²) >= 11 is 4.34. The number of amides is 1. The summed E-state index contributed by atoms with van der Waals surface area (Å²) in [7, 11) is 0. The lowest BCUT2D eigenvalue weighted by Crippen LogP contribution is -2.15. The van der Waals surface area contributed by atoms with Crippen molar-refractivity contribution in [1.29, 1.82) is 0 Å². The van der Waals surface area contributed by atoms with Crippen LogP contribution in [0.1, 0.15) is 66.3 Å². The first-order chi connectivity index (χ1) is 14.7. The van der Waals surface area contributed by atoms with Gasteiger partial charge in [-0.3, -0.25) is 14.9 Å². The molecule has 2 aliphatic carbocycles. The zero-order valence-corrected chi connectivity index (χ0v) is 19.0. The Morgan fingerprint density at radius 1 is 1.10 bits per heavy atom. The van der Waals surface area contributed by atoms with Crippen LogP contribution in [0.2, 0.25) is 0 Å². The quantitative estimate of drug-likeness (QED) is 0.429. The summed E-state index contributed by atoms with van der Waals surface area (Å²) in [6, 6.07) is 0. The largest absolute Gasteiger partial charge is 0.301 e. The topological polar surface area (TPSA) is 101 Å². The number of thioether (sulfide) groups is 1. The Morgan fingerprint density at radius 3 is 2.80 bits per heavy atom. The maximum atomic E-state index is 12.6. The van der Waals surface area contributed by atoms with Gasteiger partial charge in [-0.05, 0) is 44.1 Å². The van der Waals surface area contributed by atoms with Gasteiger partial charge in [-0.25, -0.2) is 4.98 Å². The van der Waals surface area contributed by atoms with E-state index in [1.807, 2.05) is 0 Å². The first-order valence-corrected chi connectivity index (χ1v) is 13.1. The van der Waals surface area contributed by atoms with Crippen molar-refractivity contribution in [2.75, 3.05) is 11.1 Å². The normalized spacial score (nSPS) is 17.2. The Balaban J connectivity index is 1.23. The van der Waals surface area contributed by atoms with E-state index in [9.17, 15) is 9.59 Å². The van der Waals surface area contributed by atoms with Gasteiger partial charge in [-0.1, -0.05) is 42.4 Å². The van der Waals surface area contributed by atoms with Gasteiger partial charge in [0.05, 0.1) is 11.1 Å². The Morgan fingerprint density at radius 2 is 1.93 bits per heavy atom. The third-order valence-corrected chi connectivity index (χ3v) is 8.84. The van der Waals surface area contributed by atoms with E-state index < -0.39 is 0 Å². The molecule has 0 bridgehead atoms. The van der Waals surface area contributed by atoms with E-state index in [1.54, 1.807) is 11.3 Å². The number of nitrogens with one attached hydrogen (secondary N) is 2. The molecule has 0 aliphatic heterocycles. The second-order valence-electron chi connectivity index (χ2n) is 7.88. The fraction of sp³-hybridized carbons (Fsp3) is 0.550.